The largest absolute Gasteiger partial charge is 0.494 e. The third-order valence-corrected chi connectivity index (χ3v) is 5.74. The number of rotatable bonds is 5. The summed E-state index contributed by atoms with van der Waals surface area (Å²) >= 11 is 1.30. The minimum atomic E-state index is -0.219. The van der Waals surface area contributed by atoms with E-state index in [-0.39, 0.29) is 5.91 Å². The Morgan fingerprint density at radius 2 is 1.93 bits per heavy atom. The lowest BCUT2D eigenvalue weighted by molar-refractivity contribution is 0.103. The van der Waals surface area contributed by atoms with Crippen LogP contribution in [-0.2, 0) is 6.42 Å². The van der Waals surface area contributed by atoms with Crippen LogP contribution in [0.4, 0.5) is 11.4 Å². The Morgan fingerprint density at radius 3 is 2.64 bits per heavy atom. The molecule has 4 aromatic rings. The lowest BCUT2D eigenvalue weighted by atomic mass is 10.1. The van der Waals surface area contributed by atoms with Crippen molar-refractivity contribution in [3.05, 3.63) is 59.0 Å². The van der Waals surface area contributed by atoms with Gasteiger partial charge in [-0.2, -0.15) is 0 Å². The van der Waals surface area contributed by atoms with E-state index in [1.165, 1.54) is 16.9 Å². The van der Waals surface area contributed by atoms with Gasteiger partial charge in [0.1, 0.15) is 15.5 Å². The molecular formula is C22H21N3O2S. The molecule has 0 atom stereocenters. The minimum absolute atomic E-state index is 0.219. The molecule has 0 aliphatic carbocycles. The number of benzene rings is 2. The number of amides is 1. The highest BCUT2D eigenvalue weighted by molar-refractivity contribution is 7.21. The van der Waals surface area contributed by atoms with E-state index in [2.05, 4.69) is 12.2 Å². The zero-order valence-corrected chi connectivity index (χ0v) is 16.6. The van der Waals surface area contributed by atoms with Crippen molar-refractivity contribution in [1.82, 2.24) is 4.98 Å². The van der Waals surface area contributed by atoms with Gasteiger partial charge in [-0.1, -0.05) is 19.1 Å². The first kappa shape index (κ1) is 18.3. The fraction of sp³-hybridized carbons (Fsp3) is 0.182. The van der Waals surface area contributed by atoms with E-state index in [1.54, 1.807) is 0 Å². The molecule has 0 aliphatic rings. The van der Waals surface area contributed by atoms with E-state index < -0.39 is 0 Å². The van der Waals surface area contributed by atoms with E-state index in [0.717, 1.165) is 39.0 Å². The van der Waals surface area contributed by atoms with E-state index in [9.17, 15) is 4.79 Å². The summed E-state index contributed by atoms with van der Waals surface area (Å²) in [5.74, 6) is 0.559. The number of nitrogens with two attached hydrogens (primary N) is 1. The highest BCUT2D eigenvalue weighted by Crippen LogP contribution is 2.35. The van der Waals surface area contributed by atoms with Gasteiger partial charge in [-0.15, -0.1) is 11.3 Å². The number of nitrogen functional groups attached to an aromatic ring is 1. The van der Waals surface area contributed by atoms with E-state index in [4.69, 9.17) is 15.5 Å². The van der Waals surface area contributed by atoms with Gasteiger partial charge in [0.25, 0.3) is 5.91 Å². The predicted octanol–water partition coefficient (Wildman–Crippen LogP) is 5.25. The summed E-state index contributed by atoms with van der Waals surface area (Å²) in [4.78, 5) is 18.7. The standard InChI is InChI=1S/C22H21N3O2S/c1-3-13-5-8-15(9-6-13)24-21(26)20-19(23)17-11-14-7-10-16(27-4-2)12-18(14)25-22(17)28-20/h5-12H,3-4,23H2,1-2H3,(H,24,26). The average Bonchev–Trinajstić information content (AvgIpc) is 3.03. The lowest BCUT2D eigenvalue weighted by Crippen LogP contribution is -2.11. The average molecular weight is 391 g/mol. The molecule has 0 bridgehead atoms. The second-order valence-corrected chi connectivity index (χ2v) is 7.48. The van der Waals surface area contributed by atoms with Gasteiger partial charge < -0.3 is 15.8 Å². The quantitative estimate of drug-likeness (QED) is 0.487. The van der Waals surface area contributed by atoms with Gasteiger partial charge in [0.05, 0.1) is 17.8 Å². The summed E-state index contributed by atoms with van der Waals surface area (Å²) in [6, 6.07) is 15.6. The molecule has 4 rings (SSSR count). The van der Waals surface area contributed by atoms with Crippen LogP contribution in [0.5, 0.6) is 5.75 Å². The smallest absolute Gasteiger partial charge is 0.267 e. The molecule has 0 fully saturated rings. The van der Waals surface area contributed by atoms with Crippen molar-refractivity contribution in [2.24, 2.45) is 0 Å². The topological polar surface area (TPSA) is 77.2 Å². The Balaban J connectivity index is 1.69. The first-order chi connectivity index (χ1) is 13.6. The molecule has 3 N–H and O–H groups in total. The molecule has 5 nitrogen and oxygen atoms in total. The number of nitrogens with zero attached hydrogens (tertiary/aromatic N) is 1. The molecule has 0 radical (unpaired) electrons. The van der Waals surface area contributed by atoms with Crippen LogP contribution < -0.4 is 15.8 Å². The molecule has 0 spiro atoms. The fourth-order valence-electron chi connectivity index (χ4n) is 3.11. The van der Waals surface area contributed by atoms with Crippen LogP contribution in [0.1, 0.15) is 29.1 Å². The summed E-state index contributed by atoms with van der Waals surface area (Å²) in [5, 5.41) is 4.68. The Morgan fingerprint density at radius 1 is 1.14 bits per heavy atom. The van der Waals surface area contributed by atoms with E-state index in [1.807, 2.05) is 55.5 Å². The number of nitrogens with one attached hydrogen (secondary N) is 1. The predicted molar refractivity (Wildman–Crippen MR) is 116 cm³/mol. The Bertz CT molecular complexity index is 1170. The maximum Gasteiger partial charge on any atom is 0.267 e. The van der Waals surface area contributed by atoms with Crippen molar-refractivity contribution in [2.45, 2.75) is 20.3 Å². The van der Waals surface area contributed by atoms with Crippen LogP contribution >= 0.6 is 11.3 Å². The zero-order valence-electron chi connectivity index (χ0n) is 15.8. The summed E-state index contributed by atoms with van der Waals surface area (Å²) in [6.45, 7) is 4.64. The second kappa shape index (κ2) is 7.48. The van der Waals surface area contributed by atoms with Gasteiger partial charge in [0.15, 0.2) is 0 Å². The van der Waals surface area contributed by atoms with Gasteiger partial charge in [0.2, 0.25) is 0 Å². The molecule has 28 heavy (non-hydrogen) atoms. The number of hydrogen-bond acceptors (Lipinski definition) is 5. The SMILES string of the molecule is CCOc1ccc2cc3c(N)c(C(=O)Nc4ccc(CC)cc4)sc3nc2c1. The molecule has 0 saturated carbocycles. The van der Waals surface area contributed by atoms with Crippen LogP contribution in [0, 0.1) is 0 Å². The van der Waals surface area contributed by atoms with Crippen LogP contribution in [0.25, 0.3) is 21.1 Å². The van der Waals surface area contributed by atoms with Gasteiger partial charge in [-0.3, -0.25) is 4.79 Å². The number of anilines is 2. The van der Waals surface area contributed by atoms with Gasteiger partial charge in [-0.25, -0.2) is 4.98 Å². The Kier molecular flexibility index (Phi) is 4.88. The molecule has 2 heterocycles. The lowest BCUT2D eigenvalue weighted by Gasteiger charge is -2.05. The molecule has 142 valence electrons. The third-order valence-electron chi connectivity index (χ3n) is 4.62. The third kappa shape index (κ3) is 3.39. The first-order valence-corrected chi connectivity index (χ1v) is 10.1. The zero-order chi connectivity index (χ0) is 19.7. The van der Waals surface area contributed by atoms with Crippen molar-refractivity contribution in [3.8, 4) is 5.75 Å². The summed E-state index contributed by atoms with van der Waals surface area (Å²) in [7, 11) is 0. The minimum Gasteiger partial charge on any atom is -0.494 e. The number of aromatic nitrogens is 1. The summed E-state index contributed by atoms with van der Waals surface area (Å²) < 4.78 is 5.55. The Hall–Kier alpha value is -3.12. The van der Waals surface area contributed by atoms with Crippen LogP contribution in [0.3, 0.4) is 0 Å². The van der Waals surface area contributed by atoms with Crippen molar-refractivity contribution in [2.75, 3.05) is 17.7 Å². The normalized spacial score (nSPS) is 11.1. The van der Waals surface area contributed by atoms with Gasteiger partial charge in [0, 0.05) is 22.5 Å². The number of aryl methyl sites for hydroxylation is 1. The highest BCUT2D eigenvalue weighted by Gasteiger charge is 2.18. The number of thiophene rings is 1. The van der Waals surface area contributed by atoms with Crippen LogP contribution in [0.15, 0.2) is 48.5 Å². The van der Waals surface area contributed by atoms with Crippen molar-refractivity contribution in [3.63, 3.8) is 0 Å². The van der Waals surface area contributed by atoms with E-state index >= 15 is 0 Å². The molecule has 2 aromatic carbocycles. The van der Waals surface area contributed by atoms with E-state index in [0.29, 0.717) is 17.2 Å². The first-order valence-electron chi connectivity index (χ1n) is 9.25. The van der Waals surface area contributed by atoms with Crippen LogP contribution in [0.2, 0.25) is 0 Å². The van der Waals surface area contributed by atoms with Gasteiger partial charge in [-0.05, 0) is 49.2 Å². The number of pyridine rings is 1. The molecule has 1 amide bonds. The molecular weight excluding hydrogens is 370 g/mol. The number of carbonyl (C=O) groups is 1. The van der Waals surface area contributed by atoms with Gasteiger partial charge >= 0.3 is 0 Å². The van der Waals surface area contributed by atoms with Crippen molar-refractivity contribution in [1.29, 1.82) is 0 Å². The van der Waals surface area contributed by atoms with Crippen molar-refractivity contribution >= 4 is 49.7 Å². The number of ether oxygens (including phenoxy) is 1. The van der Waals surface area contributed by atoms with Crippen molar-refractivity contribution < 1.29 is 9.53 Å². The molecule has 0 unspecified atom stereocenters. The van der Waals surface area contributed by atoms with Crippen LogP contribution in [-0.4, -0.2) is 17.5 Å². The molecule has 0 aliphatic heterocycles. The fourth-order valence-corrected chi connectivity index (χ4v) is 4.09. The highest BCUT2D eigenvalue weighted by atomic mass is 32.1. The number of carbonyl (C=O) groups excluding carboxylic acids is 1. The number of hydrogen-bond donors (Lipinski definition) is 2. The molecule has 2 aromatic heterocycles. The maximum absolute atomic E-state index is 12.8. The maximum atomic E-state index is 12.8. The Labute approximate surface area is 167 Å². The second-order valence-electron chi connectivity index (χ2n) is 6.48. The number of fused-ring (bicyclic) bond motifs is 2. The monoisotopic (exact) mass is 391 g/mol. The molecule has 6 heteroatoms. The molecule has 0 saturated heterocycles. The summed E-state index contributed by atoms with van der Waals surface area (Å²) in [6.07, 6.45) is 0.960. The summed E-state index contributed by atoms with van der Waals surface area (Å²) in [5.41, 5.74) is 9.55.